The van der Waals surface area contributed by atoms with Crippen LogP contribution in [-0.4, -0.2) is 40.8 Å². The lowest BCUT2D eigenvalue weighted by Gasteiger charge is -2.41. The third kappa shape index (κ3) is 3.10. The Balaban J connectivity index is 1.30. The summed E-state index contributed by atoms with van der Waals surface area (Å²) in [5.74, 6) is 0.103. The smallest absolute Gasteiger partial charge is 0.253 e. The first-order chi connectivity index (χ1) is 13.7. The van der Waals surface area contributed by atoms with Crippen LogP contribution >= 0.6 is 11.3 Å². The highest BCUT2D eigenvalue weighted by Crippen LogP contribution is 2.40. The zero-order valence-electron chi connectivity index (χ0n) is 15.3. The van der Waals surface area contributed by atoms with Gasteiger partial charge in [0.2, 0.25) is 0 Å². The molecule has 4 heterocycles. The molecule has 2 aliphatic rings. The standard InChI is InChI=1S/C22H20N4OS/c27-21(17-4-2-1-3-5-17)26-12-8-22(9-13-26)24-15-20-18(25-22)14-19(28-20)16-6-10-23-11-7-16/h1-7,10-11,14-15,25H,8-9,12-13H2. The van der Waals surface area contributed by atoms with E-state index in [0.717, 1.165) is 29.0 Å². The van der Waals surface area contributed by atoms with E-state index in [9.17, 15) is 4.79 Å². The zero-order chi connectivity index (χ0) is 19.0. The summed E-state index contributed by atoms with van der Waals surface area (Å²) in [6, 6.07) is 15.7. The molecule has 0 unspecified atom stereocenters. The molecule has 5 nitrogen and oxygen atoms in total. The summed E-state index contributed by atoms with van der Waals surface area (Å²) in [5, 5.41) is 3.66. The van der Waals surface area contributed by atoms with E-state index in [1.807, 2.05) is 66.0 Å². The number of nitrogens with one attached hydrogen (secondary N) is 1. The first-order valence-corrected chi connectivity index (χ1v) is 10.3. The quantitative estimate of drug-likeness (QED) is 0.713. The second kappa shape index (κ2) is 6.87. The molecule has 0 bridgehead atoms. The second-order valence-corrected chi connectivity index (χ2v) is 8.28. The van der Waals surface area contributed by atoms with Crippen LogP contribution in [0.5, 0.6) is 0 Å². The summed E-state index contributed by atoms with van der Waals surface area (Å²) in [7, 11) is 0. The van der Waals surface area contributed by atoms with E-state index in [1.165, 1.54) is 10.4 Å². The van der Waals surface area contributed by atoms with E-state index in [-0.39, 0.29) is 11.6 Å². The van der Waals surface area contributed by atoms with Crippen LogP contribution in [0.2, 0.25) is 0 Å². The maximum atomic E-state index is 12.7. The monoisotopic (exact) mass is 388 g/mol. The number of piperidine rings is 1. The molecule has 1 saturated heterocycles. The van der Waals surface area contributed by atoms with Gasteiger partial charge in [0, 0.05) is 55.0 Å². The van der Waals surface area contributed by atoms with Crippen molar-refractivity contribution in [3.05, 3.63) is 71.4 Å². The first-order valence-electron chi connectivity index (χ1n) is 9.44. The molecule has 6 heteroatoms. The molecular formula is C22H20N4OS. The highest BCUT2D eigenvalue weighted by molar-refractivity contribution is 7.17. The van der Waals surface area contributed by atoms with Gasteiger partial charge >= 0.3 is 0 Å². The number of hydrogen-bond acceptors (Lipinski definition) is 5. The van der Waals surface area contributed by atoms with Crippen LogP contribution < -0.4 is 5.32 Å². The van der Waals surface area contributed by atoms with Crippen molar-refractivity contribution in [2.75, 3.05) is 18.4 Å². The van der Waals surface area contributed by atoms with E-state index in [0.29, 0.717) is 13.1 Å². The minimum Gasteiger partial charge on any atom is -0.360 e. The normalized spacial score (nSPS) is 17.2. The number of aromatic nitrogens is 1. The predicted octanol–water partition coefficient (Wildman–Crippen LogP) is 4.29. The Morgan fingerprint density at radius 1 is 1.07 bits per heavy atom. The Labute approximate surface area is 167 Å². The molecule has 140 valence electrons. The Bertz CT molecular complexity index is 1020. The average Bonchev–Trinajstić information content (AvgIpc) is 3.18. The number of fused-ring (bicyclic) bond motifs is 1. The van der Waals surface area contributed by atoms with Crippen molar-refractivity contribution in [1.82, 2.24) is 9.88 Å². The molecule has 0 atom stereocenters. The molecule has 1 fully saturated rings. The number of thiophene rings is 1. The average molecular weight is 388 g/mol. The van der Waals surface area contributed by atoms with Gasteiger partial charge in [0.15, 0.2) is 0 Å². The maximum absolute atomic E-state index is 12.7. The lowest BCUT2D eigenvalue weighted by atomic mass is 9.95. The van der Waals surface area contributed by atoms with E-state index in [2.05, 4.69) is 16.4 Å². The lowest BCUT2D eigenvalue weighted by Crippen LogP contribution is -2.50. The molecule has 0 radical (unpaired) electrons. The minimum atomic E-state index is -0.308. The molecule has 1 amide bonds. The largest absolute Gasteiger partial charge is 0.360 e. The molecule has 0 saturated carbocycles. The highest BCUT2D eigenvalue weighted by atomic mass is 32.1. The summed E-state index contributed by atoms with van der Waals surface area (Å²) in [5.41, 5.74) is 2.74. The number of anilines is 1. The Morgan fingerprint density at radius 2 is 1.82 bits per heavy atom. The lowest BCUT2D eigenvalue weighted by molar-refractivity contribution is 0.0686. The fourth-order valence-corrected chi connectivity index (χ4v) is 4.81. The van der Waals surface area contributed by atoms with Crippen molar-refractivity contribution >= 4 is 29.1 Å². The topological polar surface area (TPSA) is 57.6 Å². The predicted molar refractivity (Wildman–Crippen MR) is 113 cm³/mol. The van der Waals surface area contributed by atoms with Crippen molar-refractivity contribution in [2.24, 2.45) is 4.99 Å². The minimum absolute atomic E-state index is 0.103. The summed E-state index contributed by atoms with van der Waals surface area (Å²) in [6.45, 7) is 1.41. The first kappa shape index (κ1) is 17.1. The molecule has 3 aromatic rings. The molecule has 2 aliphatic heterocycles. The number of hydrogen-bond donors (Lipinski definition) is 1. The van der Waals surface area contributed by atoms with Crippen molar-refractivity contribution in [3.8, 4) is 10.4 Å². The van der Waals surface area contributed by atoms with Crippen LogP contribution in [0.15, 0.2) is 65.9 Å². The van der Waals surface area contributed by atoms with E-state index in [1.54, 1.807) is 11.3 Å². The van der Waals surface area contributed by atoms with Crippen molar-refractivity contribution in [3.63, 3.8) is 0 Å². The van der Waals surface area contributed by atoms with Crippen LogP contribution in [0.4, 0.5) is 5.69 Å². The van der Waals surface area contributed by atoms with Crippen molar-refractivity contribution in [2.45, 2.75) is 18.5 Å². The summed E-state index contributed by atoms with van der Waals surface area (Å²) >= 11 is 1.73. The fourth-order valence-electron chi connectivity index (χ4n) is 3.82. The van der Waals surface area contributed by atoms with Gasteiger partial charge in [0.25, 0.3) is 5.91 Å². The number of carbonyl (C=O) groups excluding carboxylic acids is 1. The number of benzene rings is 1. The maximum Gasteiger partial charge on any atom is 0.253 e. The van der Waals surface area contributed by atoms with Crippen molar-refractivity contribution in [1.29, 1.82) is 0 Å². The molecule has 28 heavy (non-hydrogen) atoms. The zero-order valence-corrected chi connectivity index (χ0v) is 16.2. The number of nitrogens with zero attached hydrogens (tertiary/aromatic N) is 3. The van der Waals surface area contributed by atoms with Gasteiger partial charge < -0.3 is 10.2 Å². The molecule has 1 N–H and O–H groups in total. The molecule has 5 rings (SSSR count). The molecule has 2 aromatic heterocycles. The number of amides is 1. The Hall–Kier alpha value is -2.99. The molecule has 1 aromatic carbocycles. The van der Waals surface area contributed by atoms with Gasteiger partial charge in [-0.2, -0.15) is 0 Å². The highest BCUT2D eigenvalue weighted by Gasteiger charge is 2.38. The third-order valence-corrected chi connectivity index (χ3v) is 6.54. The number of aliphatic imine (C=N–C) groups is 1. The van der Waals surface area contributed by atoms with E-state index < -0.39 is 0 Å². The van der Waals surface area contributed by atoms with Crippen LogP contribution in [0.25, 0.3) is 10.4 Å². The fraction of sp³-hybridized carbons (Fsp3) is 0.227. The number of carbonyl (C=O) groups is 1. The Kier molecular flexibility index (Phi) is 4.20. The number of rotatable bonds is 2. The number of pyridine rings is 1. The van der Waals surface area contributed by atoms with Gasteiger partial charge in [-0.25, -0.2) is 0 Å². The second-order valence-electron chi connectivity index (χ2n) is 7.20. The molecule has 0 aliphatic carbocycles. The summed E-state index contributed by atoms with van der Waals surface area (Å²) in [4.78, 5) is 25.9. The number of likely N-dealkylation sites (tertiary alicyclic amines) is 1. The van der Waals surface area contributed by atoms with E-state index in [4.69, 9.17) is 4.99 Å². The van der Waals surface area contributed by atoms with Crippen LogP contribution in [0.3, 0.4) is 0 Å². The van der Waals surface area contributed by atoms with E-state index >= 15 is 0 Å². The van der Waals surface area contributed by atoms with Gasteiger partial charge in [-0.15, -0.1) is 11.3 Å². The van der Waals surface area contributed by atoms with Crippen molar-refractivity contribution < 1.29 is 4.79 Å². The van der Waals surface area contributed by atoms with Crippen LogP contribution in [0.1, 0.15) is 28.1 Å². The third-order valence-electron chi connectivity index (χ3n) is 5.42. The molecular weight excluding hydrogens is 368 g/mol. The van der Waals surface area contributed by atoms with Crippen LogP contribution in [0, 0.1) is 0 Å². The summed E-state index contributed by atoms with van der Waals surface area (Å²) in [6.07, 6.45) is 7.24. The van der Waals surface area contributed by atoms with Gasteiger partial charge in [-0.3, -0.25) is 14.8 Å². The SMILES string of the molecule is O=C(c1ccccc1)N1CCC2(CC1)N=Cc1sc(-c3ccncc3)cc1N2. The molecule has 1 spiro atoms. The van der Waals surface area contributed by atoms with Gasteiger partial charge in [0.05, 0.1) is 10.6 Å². The van der Waals surface area contributed by atoms with Gasteiger partial charge in [-0.1, -0.05) is 18.2 Å². The summed E-state index contributed by atoms with van der Waals surface area (Å²) < 4.78 is 0. The van der Waals surface area contributed by atoms with Crippen LogP contribution in [-0.2, 0) is 0 Å². The van der Waals surface area contributed by atoms with Gasteiger partial charge in [0.1, 0.15) is 5.66 Å². The van der Waals surface area contributed by atoms with Gasteiger partial charge in [-0.05, 0) is 35.9 Å². The Morgan fingerprint density at radius 3 is 2.57 bits per heavy atom.